The smallest absolute Gasteiger partial charge is 0.372 e. The van der Waals surface area contributed by atoms with E-state index in [1.807, 2.05) is 0 Å². The maximum atomic E-state index is 11.9. The van der Waals surface area contributed by atoms with Gasteiger partial charge < -0.3 is 4.42 Å². The van der Waals surface area contributed by atoms with Crippen molar-refractivity contribution in [1.82, 2.24) is 5.10 Å². The molecule has 0 fully saturated rings. The zero-order chi connectivity index (χ0) is 12.4. The number of ketones is 1. The van der Waals surface area contributed by atoms with Crippen molar-refractivity contribution in [3.63, 3.8) is 0 Å². The molecule has 0 aliphatic heterocycles. The summed E-state index contributed by atoms with van der Waals surface area (Å²) < 4.78 is 6.35. The number of aryl methyl sites for hydroxylation is 1. The quantitative estimate of drug-likeness (QED) is 0.662. The fourth-order valence-electron chi connectivity index (χ4n) is 1.42. The van der Waals surface area contributed by atoms with E-state index in [4.69, 9.17) is 21.8 Å². The average molecular weight is 253 g/mol. The number of nitrogens with zero attached hydrogens (tertiary/aromatic N) is 2. The second-order valence-electron chi connectivity index (χ2n) is 3.55. The Kier molecular flexibility index (Phi) is 3.10. The third-order valence-corrected chi connectivity index (χ3v) is 2.48. The first-order chi connectivity index (χ1) is 8.06. The van der Waals surface area contributed by atoms with E-state index in [9.17, 15) is 4.79 Å². The molecule has 2 rings (SSSR count). The van der Waals surface area contributed by atoms with Crippen molar-refractivity contribution in [3.05, 3.63) is 40.7 Å². The second kappa shape index (κ2) is 4.55. The summed E-state index contributed by atoms with van der Waals surface area (Å²) >= 11 is 5.74. The summed E-state index contributed by atoms with van der Waals surface area (Å²) in [6, 6.07) is 6.76. The molecule has 0 aliphatic rings. The standard InChI is InChI=1S/C11H10ClN3O2/c1-7-14-15(11(13)17-7)6-10(16)8-2-4-9(12)5-3-8/h2-5,13H,6H2,1H3/p+1. The normalized spacial score (nSPS) is 10.5. The first-order valence-electron chi connectivity index (χ1n) is 4.98. The van der Waals surface area contributed by atoms with E-state index >= 15 is 0 Å². The predicted molar refractivity (Wildman–Crippen MR) is 61.6 cm³/mol. The summed E-state index contributed by atoms with van der Waals surface area (Å²) in [7, 11) is 0. The van der Waals surface area contributed by atoms with Crippen molar-refractivity contribution < 1.29 is 13.9 Å². The molecule has 5 nitrogen and oxygen atoms in total. The molecule has 0 atom stereocenters. The second-order valence-corrected chi connectivity index (χ2v) is 3.98. The molecule has 0 unspecified atom stereocenters. The first-order valence-corrected chi connectivity index (χ1v) is 5.36. The molecule has 2 N–H and O–H groups in total. The van der Waals surface area contributed by atoms with Gasteiger partial charge in [0.1, 0.15) is 0 Å². The zero-order valence-corrected chi connectivity index (χ0v) is 9.94. The lowest BCUT2D eigenvalue weighted by Gasteiger charge is -1.97. The molecule has 2 aromatic rings. The number of benzene rings is 1. The van der Waals surface area contributed by atoms with Crippen LogP contribution in [0.25, 0.3) is 0 Å². The number of Topliss-reactive ketones (excluding diaryl/α,β-unsaturated/α-hetero) is 1. The van der Waals surface area contributed by atoms with Crippen LogP contribution in [0.2, 0.25) is 5.02 Å². The minimum absolute atomic E-state index is 0.0464. The maximum Gasteiger partial charge on any atom is 0.475 e. The lowest BCUT2D eigenvalue weighted by Crippen LogP contribution is -2.42. The van der Waals surface area contributed by atoms with Gasteiger partial charge >= 0.3 is 6.01 Å². The number of nitrogen functional groups attached to an aromatic ring is 1. The summed E-state index contributed by atoms with van der Waals surface area (Å²) in [6.07, 6.45) is 0. The number of nitrogens with two attached hydrogens (primary N) is 1. The predicted octanol–water partition coefficient (Wildman–Crippen LogP) is 1.39. The van der Waals surface area contributed by atoms with Crippen molar-refractivity contribution in [1.29, 1.82) is 0 Å². The Morgan fingerprint density at radius 2 is 2.12 bits per heavy atom. The van der Waals surface area contributed by atoms with Gasteiger partial charge in [0.2, 0.25) is 11.7 Å². The molecule has 88 valence electrons. The fourth-order valence-corrected chi connectivity index (χ4v) is 1.55. The lowest BCUT2D eigenvalue weighted by molar-refractivity contribution is -0.727. The zero-order valence-electron chi connectivity index (χ0n) is 9.18. The molecule has 0 saturated heterocycles. The Hall–Kier alpha value is -1.88. The van der Waals surface area contributed by atoms with Gasteiger partial charge in [-0.2, -0.15) is 0 Å². The number of aromatic nitrogens is 2. The third kappa shape index (κ3) is 2.62. The van der Waals surface area contributed by atoms with Crippen molar-refractivity contribution >= 4 is 23.4 Å². The largest absolute Gasteiger partial charge is 0.475 e. The number of anilines is 1. The maximum absolute atomic E-state index is 11.9. The molecule has 0 amide bonds. The van der Waals surface area contributed by atoms with E-state index in [0.29, 0.717) is 16.5 Å². The van der Waals surface area contributed by atoms with Crippen LogP contribution in [0.1, 0.15) is 16.2 Å². The highest BCUT2D eigenvalue weighted by Gasteiger charge is 2.18. The Morgan fingerprint density at radius 1 is 1.47 bits per heavy atom. The van der Waals surface area contributed by atoms with Crippen LogP contribution in [0, 0.1) is 6.92 Å². The van der Waals surface area contributed by atoms with Crippen LogP contribution < -0.4 is 10.4 Å². The van der Waals surface area contributed by atoms with Crippen LogP contribution in [-0.4, -0.2) is 10.9 Å². The summed E-state index contributed by atoms with van der Waals surface area (Å²) in [5.74, 6) is 0.318. The number of carbonyl (C=O) groups is 1. The highest BCUT2D eigenvalue weighted by Crippen LogP contribution is 2.10. The Morgan fingerprint density at radius 3 is 2.65 bits per heavy atom. The minimum Gasteiger partial charge on any atom is -0.372 e. The number of hydrogen-bond donors (Lipinski definition) is 1. The number of halogens is 1. The van der Waals surface area contributed by atoms with Gasteiger partial charge in [-0.1, -0.05) is 16.3 Å². The van der Waals surface area contributed by atoms with Gasteiger partial charge in [0, 0.05) is 17.5 Å². The van der Waals surface area contributed by atoms with Crippen LogP contribution in [0.3, 0.4) is 0 Å². The van der Waals surface area contributed by atoms with Crippen LogP contribution in [-0.2, 0) is 6.54 Å². The van der Waals surface area contributed by atoms with Gasteiger partial charge in [0.15, 0.2) is 6.54 Å². The molecular formula is C11H11ClN3O2+. The first kappa shape index (κ1) is 11.6. The van der Waals surface area contributed by atoms with Crippen molar-refractivity contribution in [2.24, 2.45) is 0 Å². The lowest BCUT2D eigenvalue weighted by atomic mass is 10.1. The van der Waals surface area contributed by atoms with E-state index in [-0.39, 0.29) is 18.3 Å². The average Bonchev–Trinajstić information content (AvgIpc) is 2.58. The summed E-state index contributed by atoms with van der Waals surface area (Å²) in [6.45, 7) is 1.71. The van der Waals surface area contributed by atoms with Crippen LogP contribution in [0.4, 0.5) is 6.01 Å². The summed E-state index contributed by atoms with van der Waals surface area (Å²) in [4.78, 5) is 11.9. The molecule has 0 radical (unpaired) electrons. The molecule has 1 aromatic heterocycles. The van der Waals surface area contributed by atoms with E-state index in [0.717, 1.165) is 0 Å². The molecule has 1 aromatic carbocycles. The molecule has 6 heteroatoms. The highest BCUT2D eigenvalue weighted by molar-refractivity contribution is 6.30. The van der Waals surface area contributed by atoms with Crippen LogP contribution >= 0.6 is 11.6 Å². The van der Waals surface area contributed by atoms with E-state index in [1.165, 1.54) is 4.68 Å². The monoisotopic (exact) mass is 252 g/mol. The number of carbonyl (C=O) groups excluding carboxylic acids is 1. The molecule has 1 heterocycles. The Bertz CT molecular complexity index is 548. The third-order valence-electron chi connectivity index (χ3n) is 2.23. The summed E-state index contributed by atoms with van der Waals surface area (Å²) in [5, 5.41) is 4.56. The van der Waals surface area contributed by atoms with Gasteiger partial charge in [0.05, 0.1) is 0 Å². The highest BCUT2D eigenvalue weighted by atomic mass is 35.5. The van der Waals surface area contributed by atoms with E-state index < -0.39 is 0 Å². The van der Waals surface area contributed by atoms with E-state index in [1.54, 1.807) is 31.2 Å². The summed E-state index contributed by atoms with van der Waals surface area (Å²) in [5.41, 5.74) is 6.11. The molecule has 17 heavy (non-hydrogen) atoms. The fraction of sp³-hybridized carbons (Fsp3) is 0.182. The minimum atomic E-state index is -0.105. The number of hydrogen-bond acceptors (Lipinski definition) is 4. The number of rotatable bonds is 3. The Balaban J connectivity index is 2.17. The molecule has 0 spiro atoms. The van der Waals surface area contributed by atoms with Gasteiger partial charge in [-0.3, -0.25) is 10.5 Å². The van der Waals surface area contributed by atoms with Crippen LogP contribution in [0.5, 0.6) is 0 Å². The van der Waals surface area contributed by atoms with Gasteiger partial charge in [0.25, 0.3) is 0 Å². The van der Waals surface area contributed by atoms with Gasteiger partial charge in [-0.25, -0.2) is 0 Å². The SMILES string of the molecule is Cc1n[n+](CC(=O)c2ccc(Cl)cc2)c(N)o1. The van der Waals surface area contributed by atoms with E-state index in [2.05, 4.69) is 5.10 Å². The van der Waals surface area contributed by atoms with Crippen molar-refractivity contribution in [2.45, 2.75) is 13.5 Å². The van der Waals surface area contributed by atoms with Crippen molar-refractivity contribution in [3.8, 4) is 0 Å². The van der Waals surface area contributed by atoms with Crippen molar-refractivity contribution in [2.75, 3.05) is 5.73 Å². The Labute approximate surface area is 103 Å². The van der Waals surface area contributed by atoms with Crippen LogP contribution in [0.15, 0.2) is 28.7 Å². The van der Waals surface area contributed by atoms with Gasteiger partial charge in [-0.15, -0.1) is 0 Å². The molecular weight excluding hydrogens is 242 g/mol. The van der Waals surface area contributed by atoms with Gasteiger partial charge in [-0.05, 0) is 29.4 Å². The molecule has 0 saturated carbocycles. The molecule has 0 aliphatic carbocycles. The topological polar surface area (TPSA) is 73.0 Å². The molecule has 0 bridgehead atoms.